The van der Waals surface area contributed by atoms with E-state index in [4.69, 9.17) is 4.74 Å². The molecule has 1 heterocycles. The Bertz CT molecular complexity index is 381. The van der Waals surface area contributed by atoms with E-state index >= 15 is 0 Å². The lowest BCUT2D eigenvalue weighted by Gasteiger charge is -2.17. The highest BCUT2D eigenvalue weighted by atomic mass is 16.5. The number of ether oxygens (including phenoxy) is 1. The maximum atomic E-state index is 5.03. The van der Waals surface area contributed by atoms with Gasteiger partial charge in [0.25, 0.3) is 0 Å². The molecule has 0 aliphatic heterocycles. The average molecular weight is 278 g/mol. The molecule has 112 valence electrons. The van der Waals surface area contributed by atoms with Gasteiger partial charge in [0.2, 0.25) is 0 Å². The van der Waals surface area contributed by atoms with Gasteiger partial charge in [-0.15, -0.1) is 0 Å². The largest absolute Gasteiger partial charge is 0.383 e. The Balaban J connectivity index is 2.41. The smallest absolute Gasteiger partial charge is 0.191 e. The molecule has 0 saturated carbocycles. The molecule has 1 unspecified atom stereocenters. The summed E-state index contributed by atoms with van der Waals surface area (Å²) in [5.74, 6) is 0.847. The van der Waals surface area contributed by atoms with Crippen molar-refractivity contribution >= 4 is 5.96 Å². The van der Waals surface area contributed by atoms with Gasteiger partial charge in [-0.1, -0.05) is 13.0 Å². The molecule has 5 heteroatoms. The van der Waals surface area contributed by atoms with Crippen LogP contribution in [0.1, 0.15) is 25.8 Å². The highest BCUT2D eigenvalue weighted by Crippen LogP contribution is 1.95. The van der Waals surface area contributed by atoms with Crippen LogP contribution in [0, 0.1) is 0 Å². The topological polar surface area (TPSA) is 58.5 Å². The molecule has 1 rings (SSSR count). The van der Waals surface area contributed by atoms with E-state index in [9.17, 15) is 0 Å². The number of methoxy groups -OCH3 is 1. The molecule has 0 aliphatic rings. The summed E-state index contributed by atoms with van der Waals surface area (Å²) in [7, 11) is 1.69. The van der Waals surface area contributed by atoms with Crippen molar-refractivity contribution < 1.29 is 4.74 Å². The lowest BCUT2D eigenvalue weighted by atomic mass is 10.2. The van der Waals surface area contributed by atoms with Gasteiger partial charge in [-0.05, 0) is 31.4 Å². The molecular formula is C15H26N4O. The van der Waals surface area contributed by atoms with Gasteiger partial charge >= 0.3 is 0 Å². The predicted octanol–water partition coefficient (Wildman–Crippen LogP) is 1.60. The Morgan fingerprint density at radius 2 is 2.35 bits per heavy atom. The molecule has 0 aliphatic carbocycles. The van der Waals surface area contributed by atoms with E-state index < -0.39 is 0 Å². The summed E-state index contributed by atoms with van der Waals surface area (Å²) in [5.41, 5.74) is 1.22. The quantitative estimate of drug-likeness (QED) is 0.431. The first-order chi connectivity index (χ1) is 9.76. The van der Waals surface area contributed by atoms with E-state index in [1.807, 2.05) is 12.3 Å². The van der Waals surface area contributed by atoms with Gasteiger partial charge in [0.15, 0.2) is 5.96 Å². The average Bonchev–Trinajstić information content (AvgIpc) is 2.48. The number of rotatable bonds is 8. The van der Waals surface area contributed by atoms with Crippen LogP contribution >= 0.6 is 0 Å². The van der Waals surface area contributed by atoms with Crippen LogP contribution in [-0.2, 0) is 11.2 Å². The molecule has 0 bridgehead atoms. The van der Waals surface area contributed by atoms with Crippen molar-refractivity contribution in [1.29, 1.82) is 0 Å². The van der Waals surface area contributed by atoms with Crippen LogP contribution in [0.5, 0.6) is 0 Å². The Morgan fingerprint density at radius 3 is 3.00 bits per heavy atom. The monoisotopic (exact) mass is 278 g/mol. The zero-order valence-electron chi connectivity index (χ0n) is 12.7. The van der Waals surface area contributed by atoms with E-state index in [-0.39, 0.29) is 0 Å². The molecule has 0 radical (unpaired) electrons. The molecule has 0 spiro atoms. The molecule has 1 aromatic heterocycles. The Morgan fingerprint density at radius 1 is 1.50 bits per heavy atom. The van der Waals surface area contributed by atoms with Crippen LogP contribution in [-0.4, -0.2) is 43.8 Å². The first-order valence-corrected chi connectivity index (χ1v) is 7.19. The highest BCUT2D eigenvalue weighted by molar-refractivity contribution is 5.80. The van der Waals surface area contributed by atoms with Crippen molar-refractivity contribution in [3.05, 3.63) is 30.1 Å². The van der Waals surface area contributed by atoms with Gasteiger partial charge in [0.05, 0.1) is 13.2 Å². The highest BCUT2D eigenvalue weighted by Gasteiger charge is 2.03. The second kappa shape index (κ2) is 10.2. The second-order valence-corrected chi connectivity index (χ2v) is 4.71. The van der Waals surface area contributed by atoms with Gasteiger partial charge < -0.3 is 15.4 Å². The molecule has 1 atom stereocenters. The van der Waals surface area contributed by atoms with Gasteiger partial charge in [0.1, 0.15) is 0 Å². The van der Waals surface area contributed by atoms with Crippen LogP contribution in [0.3, 0.4) is 0 Å². The first-order valence-electron chi connectivity index (χ1n) is 7.19. The van der Waals surface area contributed by atoms with Crippen LogP contribution < -0.4 is 10.6 Å². The number of pyridine rings is 1. The maximum Gasteiger partial charge on any atom is 0.191 e. The van der Waals surface area contributed by atoms with Crippen LogP contribution in [0.2, 0.25) is 0 Å². The fourth-order valence-electron chi connectivity index (χ4n) is 1.61. The van der Waals surface area contributed by atoms with E-state index in [0.717, 1.165) is 25.3 Å². The molecule has 0 fully saturated rings. The summed E-state index contributed by atoms with van der Waals surface area (Å²) < 4.78 is 5.03. The fourth-order valence-corrected chi connectivity index (χ4v) is 1.61. The van der Waals surface area contributed by atoms with Gasteiger partial charge in [-0.2, -0.15) is 0 Å². The molecule has 2 N–H and O–H groups in total. The molecule has 5 nitrogen and oxygen atoms in total. The van der Waals surface area contributed by atoms with Gasteiger partial charge in [-0.25, -0.2) is 0 Å². The number of nitrogens with zero attached hydrogens (tertiary/aromatic N) is 2. The Hall–Kier alpha value is -1.62. The summed E-state index contributed by atoms with van der Waals surface area (Å²) in [4.78, 5) is 8.60. The van der Waals surface area contributed by atoms with Crippen molar-refractivity contribution in [2.24, 2.45) is 4.99 Å². The number of hydrogen-bond acceptors (Lipinski definition) is 3. The summed E-state index contributed by atoms with van der Waals surface area (Å²) in [6.07, 6.45) is 5.68. The summed E-state index contributed by atoms with van der Waals surface area (Å²) in [6.45, 7) is 6.43. The van der Waals surface area contributed by atoms with E-state index in [2.05, 4.69) is 40.5 Å². The van der Waals surface area contributed by atoms with E-state index in [0.29, 0.717) is 19.2 Å². The number of aromatic nitrogens is 1. The van der Waals surface area contributed by atoms with Crippen LogP contribution in [0.4, 0.5) is 0 Å². The van der Waals surface area contributed by atoms with Gasteiger partial charge in [-0.3, -0.25) is 9.98 Å². The fraction of sp³-hybridized carbons (Fsp3) is 0.600. The SMILES string of the molecule is CCC(C)NC(=NCCOC)NCCc1cccnc1. The molecule has 0 amide bonds. The summed E-state index contributed by atoms with van der Waals surface area (Å²) in [5, 5.41) is 6.73. The number of nitrogens with one attached hydrogen (secondary N) is 2. The normalized spacial score (nSPS) is 13.1. The lowest BCUT2D eigenvalue weighted by Crippen LogP contribution is -2.43. The molecule has 20 heavy (non-hydrogen) atoms. The third kappa shape index (κ3) is 7.09. The minimum atomic E-state index is 0.405. The van der Waals surface area contributed by atoms with Crippen molar-refractivity contribution in [2.75, 3.05) is 26.8 Å². The Labute approximate surface area is 121 Å². The number of aliphatic imine (C=N–C) groups is 1. The van der Waals surface area contributed by atoms with Crippen LogP contribution in [0.15, 0.2) is 29.5 Å². The second-order valence-electron chi connectivity index (χ2n) is 4.71. The van der Waals surface area contributed by atoms with Gasteiger partial charge in [0, 0.05) is 32.1 Å². The molecular weight excluding hydrogens is 252 g/mol. The van der Waals surface area contributed by atoms with E-state index in [1.54, 1.807) is 13.3 Å². The molecule has 0 aromatic carbocycles. The number of hydrogen-bond donors (Lipinski definition) is 2. The lowest BCUT2D eigenvalue weighted by molar-refractivity contribution is 0.208. The van der Waals surface area contributed by atoms with Crippen molar-refractivity contribution in [2.45, 2.75) is 32.7 Å². The number of guanidine groups is 1. The van der Waals surface area contributed by atoms with Crippen molar-refractivity contribution in [3.8, 4) is 0 Å². The molecule has 1 aromatic rings. The summed E-state index contributed by atoms with van der Waals surface area (Å²) >= 11 is 0. The first kappa shape index (κ1) is 16.4. The Kier molecular flexibility index (Phi) is 8.38. The standard InChI is InChI=1S/C15H26N4O/c1-4-13(2)19-15(18-10-11-20-3)17-9-7-14-6-5-8-16-12-14/h5-6,8,12-13H,4,7,9-11H2,1-3H3,(H2,17,18,19). The maximum absolute atomic E-state index is 5.03. The van der Waals surface area contributed by atoms with E-state index in [1.165, 1.54) is 5.56 Å². The third-order valence-electron chi connectivity index (χ3n) is 2.99. The van der Waals surface area contributed by atoms with Crippen LogP contribution in [0.25, 0.3) is 0 Å². The molecule has 0 saturated heterocycles. The third-order valence-corrected chi connectivity index (χ3v) is 2.99. The zero-order valence-corrected chi connectivity index (χ0v) is 12.7. The van der Waals surface area contributed by atoms with Crippen molar-refractivity contribution in [3.63, 3.8) is 0 Å². The predicted molar refractivity (Wildman–Crippen MR) is 83.0 cm³/mol. The summed E-state index contributed by atoms with van der Waals surface area (Å²) in [6, 6.07) is 4.45. The minimum Gasteiger partial charge on any atom is -0.383 e. The minimum absolute atomic E-state index is 0.405. The zero-order chi connectivity index (χ0) is 14.6. The van der Waals surface area contributed by atoms with Crippen molar-refractivity contribution in [1.82, 2.24) is 15.6 Å².